The molecule has 1 aliphatic rings. The van der Waals surface area contributed by atoms with E-state index in [0.29, 0.717) is 19.6 Å². The Hall–Kier alpha value is -2.09. The highest BCUT2D eigenvalue weighted by Gasteiger charge is 2.34. The van der Waals surface area contributed by atoms with Gasteiger partial charge in [-0.15, -0.1) is 0 Å². The second-order valence-corrected chi connectivity index (χ2v) is 4.88. The zero-order valence-corrected chi connectivity index (χ0v) is 12.7. The lowest BCUT2D eigenvalue weighted by Gasteiger charge is -2.35. The summed E-state index contributed by atoms with van der Waals surface area (Å²) >= 11 is 0. The van der Waals surface area contributed by atoms with Gasteiger partial charge in [-0.05, 0) is 13.8 Å². The van der Waals surface area contributed by atoms with E-state index in [4.69, 9.17) is 5.73 Å². The molecule has 1 heterocycles. The topological polar surface area (TPSA) is 108 Å². The summed E-state index contributed by atoms with van der Waals surface area (Å²) in [5.74, 6) is -1.32. The van der Waals surface area contributed by atoms with E-state index in [1.54, 1.807) is 6.92 Å². The van der Waals surface area contributed by atoms with Crippen molar-refractivity contribution >= 4 is 17.7 Å². The Balaban J connectivity index is 2.77. The minimum atomic E-state index is -0.727. The number of hydrogen-bond acceptors (Lipinski definition) is 5. The summed E-state index contributed by atoms with van der Waals surface area (Å²) in [4.78, 5) is 38.3. The van der Waals surface area contributed by atoms with Gasteiger partial charge in [0.05, 0.1) is 0 Å². The van der Waals surface area contributed by atoms with Crippen molar-refractivity contribution < 1.29 is 14.4 Å². The molecule has 1 rings (SSSR count). The van der Waals surface area contributed by atoms with Crippen molar-refractivity contribution in [1.29, 1.82) is 0 Å². The van der Waals surface area contributed by atoms with Gasteiger partial charge in [-0.1, -0.05) is 6.58 Å². The monoisotopic (exact) mass is 297 g/mol. The zero-order valence-electron chi connectivity index (χ0n) is 12.7. The van der Waals surface area contributed by atoms with Crippen molar-refractivity contribution in [2.24, 2.45) is 5.73 Å². The Kier molecular flexibility index (Phi) is 5.71. The number of nitrogens with zero attached hydrogens (tertiary/aromatic N) is 2. The van der Waals surface area contributed by atoms with E-state index < -0.39 is 23.9 Å². The van der Waals surface area contributed by atoms with E-state index in [1.165, 1.54) is 16.8 Å². The highest BCUT2D eigenvalue weighted by atomic mass is 16.2. The molecule has 2 unspecified atom stereocenters. The number of nitrogens with one attached hydrogen (secondary N) is 2. The van der Waals surface area contributed by atoms with Gasteiger partial charge in [0.2, 0.25) is 5.91 Å². The summed E-state index contributed by atoms with van der Waals surface area (Å²) < 4.78 is 0. The van der Waals surface area contributed by atoms with Gasteiger partial charge in [0, 0.05) is 32.7 Å². The van der Waals surface area contributed by atoms with E-state index >= 15 is 0 Å². The van der Waals surface area contributed by atoms with Gasteiger partial charge in [0.1, 0.15) is 11.9 Å². The molecule has 1 saturated heterocycles. The predicted molar refractivity (Wildman–Crippen MR) is 77.7 cm³/mol. The molecule has 0 aromatic carbocycles. The first kappa shape index (κ1) is 17.0. The molecule has 0 bridgehead atoms. The summed E-state index contributed by atoms with van der Waals surface area (Å²) in [5, 5.41) is 5.31. The van der Waals surface area contributed by atoms with Gasteiger partial charge in [-0.2, -0.15) is 0 Å². The number of piperazine rings is 1. The van der Waals surface area contributed by atoms with Crippen LogP contribution in [0.4, 0.5) is 0 Å². The van der Waals surface area contributed by atoms with Crippen LogP contribution in [0.5, 0.6) is 0 Å². The van der Waals surface area contributed by atoms with Crippen molar-refractivity contribution in [3.63, 3.8) is 0 Å². The molecule has 2 atom stereocenters. The van der Waals surface area contributed by atoms with Crippen LogP contribution in [0.3, 0.4) is 0 Å². The van der Waals surface area contributed by atoms with Crippen LogP contribution < -0.4 is 16.4 Å². The predicted octanol–water partition coefficient (Wildman–Crippen LogP) is -1.80. The van der Waals surface area contributed by atoms with Crippen molar-refractivity contribution in [1.82, 2.24) is 20.4 Å². The Morgan fingerprint density at radius 1 is 1.38 bits per heavy atom. The summed E-state index contributed by atoms with van der Waals surface area (Å²) in [6.45, 7) is 8.48. The highest BCUT2D eigenvalue weighted by Crippen LogP contribution is 2.10. The minimum absolute atomic E-state index is 0.204. The Bertz CT molecular complexity index is 449. The molecule has 3 amide bonds. The first-order valence-corrected chi connectivity index (χ1v) is 6.86. The van der Waals surface area contributed by atoms with Crippen LogP contribution in [0.2, 0.25) is 0 Å². The van der Waals surface area contributed by atoms with E-state index in [9.17, 15) is 14.4 Å². The van der Waals surface area contributed by atoms with Crippen LogP contribution in [-0.4, -0.2) is 66.3 Å². The van der Waals surface area contributed by atoms with Gasteiger partial charge >= 0.3 is 11.8 Å². The molecule has 0 aromatic heterocycles. The summed E-state index contributed by atoms with van der Waals surface area (Å²) in [5.41, 5.74) is 5.75. The van der Waals surface area contributed by atoms with Crippen LogP contribution in [-0.2, 0) is 14.4 Å². The van der Waals surface area contributed by atoms with Gasteiger partial charge in [-0.3, -0.25) is 19.3 Å². The van der Waals surface area contributed by atoms with Crippen LogP contribution in [0, 0.1) is 0 Å². The number of nitrogens with two attached hydrogens (primary N) is 1. The number of carbonyl (C=O) groups excluding carboxylic acids is 3. The van der Waals surface area contributed by atoms with Gasteiger partial charge in [0.25, 0.3) is 0 Å². The van der Waals surface area contributed by atoms with Crippen molar-refractivity contribution in [3.8, 4) is 0 Å². The molecular formula is C13H23N5O3. The standard InChI is InChI=1S/C13H23N5O3/c1-5-17-6-7-18(13(21)12(17)20)9(3)16-10(8(2)14)11(19)15-4/h8,10,16H,3,5-7,14H2,1-2,4H3,(H,15,19). The Labute approximate surface area is 124 Å². The van der Waals surface area contributed by atoms with Crippen molar-refractivity contribution in [3.05, 3.63) is 12.4 Å². The first-order valence-electron chi connectivity index (χ1n) is 6.86. The zero-order chi connectivity index (χ0) is 16.2. The number of carbonyl (C=O) groups is 3. The molecule has 0 aromatic rings. The van der Waals surface area contributed by atoms with Gasteiger partial charge in [0.15, 0.2) is 0 Å². The lowest BCUT2D eigenvalue weighted by molar-refractivity contribution is -0.154. The van der Waals surface area contributed by atoms with Gasteiger partial charge in [-0.25, -0.2) is 0 Å². The average Bonchev–Trinajstić information content (AvgIpc) is 2.46. The first-order chi connectivity index (χ1) is 9.83. The van der Waals surface area contributed by atoms with Crippen LogP contribution in [0.15, 0.2) is 12.4 Å². The normalized spacial score (nSPS) is 18.3. The van der Waals surface area contributed by atoms with E-state index in [1.807, 2.05) is 6.92 Å². The molecule has 21 heavy (non-hydrogen) atoms. The third kappa shape index (κ3) is 3.72. The fraction of sp³-hybridized carbons (Fsp3) is 0.615. The van der Waals surface area contributed by atoms with Crippen LogP contribution >= 0.6 is 0 Å². The highest BCUT2D eigenvalue weighted by molar-refractivity contribution is 6.35. The molecule has 1 fully saturated rings. The Morgan fingerprint density at radius 3 is 2.48 bits per heavy atom. The molecule has 0 aliphatic carbocycles. The minimum Gasteiger partial charge on any atom is -0.359 e. The van der Waals surface area contributed by atoms with Gasteiger partial charge < -0.3 is 21.3 Å². The second kappa shape index (κ2) is 7.07. The van der Waals surface area contributed by atoms with Crippen molar-refractivity contribution in [2.45, 2.75) is 25.9 Å². The maximum atomic E-state index is 12.0. The number of likely N-dealkylation sites (N-methyl/N-ethyl adjacent to an activating group) is 2. The van der Waals surface area contributed by atoms with E-state index in [2.05, 4.69) is 17.2 Å². The maximum absolute atomic E-state index is 12.0. The quantitative estimate of drug-likeness (QED) is 0.501. The third-order valence-corrected chi connectivity index (χ3v) is 3.39. The van der Waals surface area contributed by atoms with Crippen LogP contribution in [0.25, 0.3) is 0 Å². The summed E-state index contributed by atoms with van der Waals surface area (Å²) in [6.07, 6.45) is 0. The molecule has 0 saturated carbocycles. The molecular weight excluding hydrogens is 274 g/mol. The molecule has 0 radical (unpaired) electrons. The largest absolute Gasteiger partial charge is 0.359 e. The number of amides is 3. The van der Waals surface area contributed by atoms with E-state index in [-0.39, 0.29) is 11.7 Å². The third-order valence-electron chi connectivity index (χ3n) is 3.39. The molecule has 1 aliphatic heterocycles. The smallest absolute Gasteiger partial charge is 0.317 e. The average molecular weight is 297 g/mol. The molecule has 8 nitrogen and oxygen atoms in total. The lowest BCUT2D eigenvalue weighted by Crippen LogP contribution is -2.58. The SMILES string of the molecule is C=C(NC(C(=O)NC)C(C)N)N1CCN(CC)C(=O)C1=O. The summed E-state index contributed by atoms with van der Waals surface area (Å²) in [7, 11) is 1.50. The fourth-order valence-corrected chi connectivity index (χ4v) is 2.08. The Morgan fingerprint density at radius 2 is 2.00 bits per heavy atom. The van der Waals surface area contributed by atoms with Crippen LogP contribution in [0.1, 0.15) is 13.8 Å². The molecule has 8 heteroatoms. The van der Waals surface area contributed by atoms with E-state index in [0.717, 1.165) is 0 Å². The fourth-order valence-electron chi connectivity index (χ4n) is 2.08. The molecule has 118 valence electrons. The maximum Gasteiger partial charge on any atom is 0.317 e. The second-order valence-electron chi connectivity index (χ2n) is 4.88. The van der Waals surface area contributed by atoms with Crippen molar-refractivity contribution in [2.75, 3.05) is 26.7 Å². The molecule has 0 spiro atoms. The molecule has 4 N–H and O–H groups in total. The number of rotatable bonds is 6. The number of hydrogen-bond donors (Lipinski definition) is 3. The lowest BCUT2D eigenvalue weighted by atomic mass is 10.1. The summed E-state index contributed by atoms with van der Waals surface area (Å²) in [6, 6.07) is -1.21.